The van der Waals surface area contributed by atoms with Crippen LogP contribution in [0.5, 0.6) is 5.75 Å². The van der Waals surface area contributed by atoms with Gasteiger partial charge in [-0.25, -0.2) is 4.99 Å². The summed E-state index contributed by atoms with van der Waals surface area (Å²) >= 11 is 0. The fraction of sp³-hybridized carbons (Fsp3) is 0.562. The minimum atomic E-state index is -0.201. The fourth-order valence-corrected chi connectivity index (χ4v) is 2.30. The van der Waals surface area contributed by atoms with Crippen molar-refractivity contribution in [3.8, 4) is 5.75 Å². The van der Waals surface area contributed by atoms with Crippen LogP contribution in [0.4, 0.5) is 0 Å². The molecule has 0 fully saturated rings. The van der Waals surface area contributed by atoms with Crippen molar-refractivity contribution >= 4 is 5.90 Å². The Labute approximate surface area is 115 Å². The third-order valence-corrected chi connectivity index (χ3v) is 3.17. The van der Waals surface area contributed by atoms with Crippen molar-refractivity contribution in [3.63, 3.8) is 0 Å². The molecule has 1 aromatic rings. The molecule has 0 saturated heterocycles. The largest absolute Gasteiger partial charge is 0.496 e. The van der Waals surface area contributed by atoms with E-state index in [4.69, 9.17) is 9.47 Å². The van der Waals surface area contributed by atoms with Gasteiger partial charge in [0.2, 0.25) is 5.90 Å². The zero-order valence-corrected chi connectivity index (χ0v) is 12.5. The second-order valence-electron chi connectivity index (χ2n) is 6.07. The molecule has 0 radical (unpaired) electrons. The van der Waals surface area contributed by atoms with Gasteiger partial charge in [-0.1, -0.05) is 19.9 Å². The summed E-state index contributed by atoms with van der Waals surface area (Å²) in [5.41, 5.74) is 2.06. The van der Waals surface area contributed by atoms with E-state index in [1.165, 1.54) is 5.56 Å². The maximum atomic E-state index is 5.95. The smallest absolute Gasteiger partial charge is 0.217 e. The molecule has 2 rings (SSSR count). The highest BCUT2D eigenvalue weighted by Gasteiger charge is 2.30. The van der Waals surface area contributed by atoms with Gasteiger partial charge in [0.1, 0.15) is 11.4 Å². The number of hydrogen-bond acceptors (Lipinski definition) is 3. The molecule has 3 heteroatoms. The van der Waals surface area contributed by atoms with Gasteiger partial charge >= 0.3 is 0 Å². The van der Waals surface area contributed by atoms with E-state index in [1.807, 2.05) is 12.1 Å². The molecule has 1 heterocycles. The van der Waals surface area contributed by atoms with Crippen molar-refractivity contribution in [2.45, 2.75) is 39.7 Å². The normalized spacial score (nSPS) is 17.3. The highest BCUT2D eigenvalue weighted by Crippen LogP contribution is 2.29. The third kappa shape index (κ3) is 3.09. The lowest BCUT2D eigenvalue weighted by atomic mass is 9.97. The van der Waals surface area contributed by atoms with Crippen LogP contribution in [0.2, 0.25) is 0 Å². The maximum Gasteiger partial charge on any atom is 0.217 e. The van der Waals surface area contributed by atoms with Gasteiger partial charge in [0.25, 0.3) is 0 Å². The van der Waals surface area contributed by atoms with Crippen molar-refractivity contribution in [3.05, 3.63) is 29.3 Å². The number of hydrogen-bond donors (Lipinski definition) is 0. The first-order valence-electron chi connectivity index (χ1n) is 6.82. The molecule has 0 spiro atoms. The van der Waals surface area contributed by atoms with E-state index in [2.05, 4.69) is 38.8 Å². The standard InChI is InChI=1S/C16H23NO2/c1-11(2)9-13-12(7-6-8-14(13)18-5)15-17-10-16(3,4)19-15/h6-8,11H,9-10H2,1-5H3. The number of aliphatic imine (C=N–C) groups is 1. The summed E-state index contributed by atoms with van der Waals surface area (Å²) < 4.78 is 11.4. The molecule has 1 aliphatic heterocycles. The molecule has 19 heavy (non-hydrogen) atoms. The lowest BCUT2D eigenvalue weighted by Gasteiger charge is -2.20. The second kappa shape index (κ2) is 5.24. The Hall–Kier alpha value is -1.51. The zero-order chi connectivity index (χ0) is 14.0. The molecule has 0 unspecified atom stereocenters. The van der Waals surface area contributed by atoms with Crippen molar-refractivity contribution in [1.82, 2.24) is 0 Å². The summed E-state index contributed by atoms with van der Waals surface area (Å²) in [6.45, 7) is 9.24. The van der Waals surface area contributed by atoms with Gasteiger partial charge < -0.3 is 9.47 Å². The van der Waals surface area contributed by atoms with Crippen LogP contribution in [0.15, 0.2) is 23.2 Å². The van der Waals surface area contributed by atoms with Crippen LogP contribution in [0.3, 0.4) is 0 Å². The Balaban J connectivity index is 2.40. The Morgan fingerprint density at radius 1 is 1.37 bits per heavy atom. The van der Waals surface area contributed by atoms with Crippen LogP contribution in [0.1, 0.15) is 38.8 Å². The molecule has 1 aliphatic rings. The summed E-state index contributed by atoms with van der Waals surface area (Å²) in [4.78, 5) is 4.54. The molecule has 1 aromatic carbocycles. The summed E-state index contributed by atoms with van der Waals surface area (Å²) in [6.07, 6.45) is 0.960. The molecule has 104 valence electrons. The third-order valence-electron chi connectivity index (χ3n) is 3.17. The first kappa shape index (κ1) is 13.9. The summed E-state index contributed by atoms with van der Waals surface area (Å²) in [6, 6.07) is 6.07. The Kier molecular flexibility index (Phi) is 3.83. The highest BCUT2D eigenvalue weighted by atomic mass is 16.5. The average Bonchev–Trinajstić information content (AvgIpc) is 2.69. The van der Waals surface area contributed by atoms with Gasteiger partial charge in [0.15, 0.2) is 0 Å². The molecule has 0 atom stereocenters. The average molecular weight is 261 g/mol. The highest BCUT2D eigenvalue weighted by molar-refractivity contribution is 5.97. The predicted molar refractivity (Wildman–Crippen MR) is 78.1 cm³/mol. The number of methoxy groups -OCH3 is 1. The van der Waals surface area contributed by atoms with Gasteiger partial charge in [0, 0.05) is 11.1 Å². The molecule has 0 saturated carbocycles. The summed E-state index contributed by atoms with van der Waals surface area (Å²) in [7, 11) is 1.71. The Morgan fingerprint density at radius 3 is 2.63 bits per heavy atom. The van der Waals surface area contributed by atoms with Gasteiger partial charge in [-0.2, -0.15) is 0 Å². The van der Waals surface area contributed by atoms with Gasteiger partial charge in [-0.3, -0.25) is 0 Å². The van der Waals surface area contributed by atoms with Gasteiger partial charge in [0.05, 0.1) is 13.7 Å². The number of nitrogens with zero attached hydrogens (tertiary/aromatic N) is 1. The van der Waals surface area contributed by atoms with E-state index in [0.717, 1.165) is 23.6 Å². The first-order valence-corrected chi connectivity index (χ1v) is 6.82. The van der Waals surface area contributed by atoms with Crippen LogP contribution >= 0.6 is 0 Å². The van der Waals surface area contributed by atoms with E-state index in [1.54, 1.807) is 7.11 Å². The molecular weight excluding hydrogens is 238 g/mol. The molecule has 0 amide bonds. The van der Waals surface area contributed by atoms with Crippen LogP contribution in [0.25, 0.3) is 0 Å². The zero-order valence-electron chi connectivity index (χ0n) is 12.5. The molecule has 0 aromatic heterocycles. The lowest BCUT2D eigenvalue weighted by Crippen LogP contribution is -2.24. The quantitative estimate of drug-likeness (QED) is 0.831. The Morgan fingerprint density at radius 2 is 2.11 bits per heavy atom. The number of ether oxygens (including phenoxy) is 2. The molecule has 0 bridgehead atoms. The number of rotatable bonds is 4. The van der Waals surface area contributed by atoms with Gasteiger partial charge in [-0.15, -0.1) is 0 Å². The SMILES string of the molecule is COc1cccc(C2=NCC(C)(C)O2)c1CC(C)C. The molecule has 0 aliphatic carbocycles. The van der Waals surface area contributed by atoms with E-state index < -0.39 is 0 Å². The van der Waals surface area contributed by atoms with E-state index in [0.29, 0.717) is 12.5 Å². The van der Waals surface area contributed by atoms with Crippen molar-refractivity contribution in [1.29, 1.82) is 0 Å². The molecule has 0 N–H and O–H groups in total. The van der Waals surface area contributed by atoms with Crippen LogP contribution < -0.4 is 4.74 Å². The summed E-state index contributed by atoms with van der Waals surface area (Å²) in [5.74, 6) is 2.23. The fourth-order valence-electron chi connectivity index (χ4n) is 2.30. The molecular formula is C16H23NO2. The predicted octanol–water partition coefficient (Wildman–Crippen LogP) is 3.45. The van der Waals surface area contributed by atoms with Crippen LogP contribution in [-0.2, 0) is 11.2 Å². The lowest BCUT2D eigenvalue weighted by molar-refractivity contribution is 0.131. The van der Waals surface area contributed by atoms with Gasteiger partial charge in [-0.05, 0) is 38.3 Å². The van der Waals surface area contributed by atoms with E-state index >= 15 is 0 Å². The second-order valence-corrected chi connectivity index (χ2v) is 6.07. The first-order chi connectivity index (χ1) is 8.93. The van der Waals surface area contributed by atoms with E-state index in [-0.39, 0.29) is 5.60 Å². The van der Waals surface area contributed by atoms with Crippen LogP contribution in [0, 0.1) is 5.92 Å². The van der Waals surface area contributed by atoms with Crippen LogP contribution in [-0.4, -0.2) is 25.2 Å². The molecule has 3 nitrogen and oxygen atoms in total. The maximum absolute atomic E-state index is 5.95. The van der Waals surface area contributed by atoms with Crippen molar-refractivity contribution in [2.75, 3.05) is 13.7 Å². The van der Waals surface area contributed by atoms with E-state index in [9.17, 15) is 0 Å². The minimum absolute atomic E-state index is 0.201. The minimum Gasteiger partial charge on any atom is -0.496 e. The topological polar surface area (TPSA) is 30.8 Å². The number of benzene rings is 1. The van der Waals surface area contributed by atoms with Crippen molar-refractivity contribution < 1.29 is 9.47 Å². The monoisotopic (exact) mass is 261 g/mol. The summed E-state index contributed by atoms with van der Waals surface area (Å²) in [5, 5.41) is 0. The van der Waals surface area contributed by atoms with Crippen molar-refractivity contribution in [2.24, 2.45) is 10.9 Å². The Bertz CT molecular complexity index is 490.